The fraction of sp³-hybridized carbons (Fsp3) is 0.500. The highest BCUT2D eigenvalue weighted by atomic mass is 16.5. The van der Waals surface area contributed by atoms with Crippen LogP contribution >= 0.6 is 0 Å². The Morgan fingerprint density at radius 1 is 1.28 bits per heavy atom. The van der Waals surface area contributed by atoms with Crippen molar-refractivity contribution >= 4 is 5.91 Å². The van der Waals surface area contributed by atoms with Gasteiger partial charge in [-0.1, -0.05) is 38.8 Å². The third-order valence-corrected chi connectivity index (χ3v) is 5.90. The molecule has 0 bridgehead atoms. The maximum atomic E-state index is 12.9. The minimum atomic E-state index is -0.0780. The molecule has 5 heteroatoms. The van der Waals surface area contributed by atoms with Crippen LogP contribution in [0, 0.1) is 11.8 Å². The lowest BCUT2D eigenvalue weighted by Gasteiger charge is -2.34. The molecule has 3 unspecified atom stereocenters. The number of nitrogens with zero attached hydrogens (tertiary/aromatic N) is 2. The molecule has 0 saturated heterocycles. The Labute approximate surface area is 148 Å². The van der Waals surface area contributed by atoms with Gasteiger partial charge in [0.25, 0.3) is 5.91 Å². The fourth-order valence-electron chi connectivity index (χ4n) is 4.18. The second-order valence-electron chi connectivity index (χ2n) is 7.43. The lowest BCUT2D eigenvalue weighted by molar-refractivity contribution is 0.0882. The van der Waals surface area contributed by atoms with Gasteiger partial charge < -0.3 is 10.1 Å². The summed E-state index contributed by atoms with van der Waals surface area (Å²) in [6.07, 6.45) is 3.47. The number of carbonyl (C=O) groups is 1. The SMILES string of the molecule is CC1CCCC(NC(=O)c2nn(C)c3c2COc2ccccc2-3)C1C. The van der Waals surface area contributed by atoms with E-state index in [0.717, 1.165) is 29.0 Å². The van der Waals surface area contributed by atoms with Gasteiger partial charge >= 0.3 is 0 Å². The molecule has 1 aliphatic carbocycles. The monoisotopic (exact) mass is 339 g/mol. The molecule has 0 spiro atoms. The number of fused-ring (bicyclic) bond motifs is 3. The average Bonchev–Trinajstić information content (AvgIpc) is 2.96. The molecule has 5 nitrogen and oxygen atoms in total. The molecule has 4 rings (SSSR count). The summed E-state index contributed by atoms with van der Waals surface area (Å²) in [6.45, 7) is 4.90. The maximum absolute atomic E-state index is 12.9. The summed E-state index contributed by atoms with van der Waals surface area (Å²) in [5, 5.41) is 7.76. The first-order valence-corrected chi connectivity index (χ1v) is 9.15. The van der Waals surface area contributed by atoms with Crippen molar-refractivity contribution in [1.29, 1.82) is 0 Å². The fourth-order valence-corrected chi connectivity index (χ4v) is 4.18. The molecule has 1 aromatic carbocycles. The number of amides is 1. The van der Waals surface area contributed by atoms with Crippen molar-refractivity contribution in [2.75, 3.05) is 0 Å². The molecule has 1 N–H and O–H groups in total. The number of para-hydroxylation sites is 1. The van der Waals surface area contributed by atoms with Crippen molar-refractivity contribution in [3.8, 4) is 17.0 Å². The van der Waals surface area contributed by atoms with Crippen LogP contribution in [0.25, 0.3) is 11.3 Å². The first-order chi connectivity index (χ1) is 12.1. The zero-order valence-corrected chi connectivity index (χ0v) is 15.1. The lowest BCUT2D eigenvalue weighted by Crippen LogP contribution is -2.44. The molecule has 1 amide bonds. The van der Waals surface area contributed by atoms with Gasteiger partial charge in [-0.2, -0.15) is 5.10 Å². The summed E-state index contributed by atoms with van der Waals surface area (Å²) >= 11 is 0. The summed E-state index contributed by atoms with van der Waals surface area (Å²) in [5.74, 6) is 1.91. The predicted molar refractivity (Wildman–Crippen MR) is 96.4 cm³/mol. The molecule has 25 heavy (non-hydrogen) atoms. The van der Waals surface area contributed by atoms with Gasteiger partial charge in [-0.15, -0.1) is 0 Å². The second kappa shape index (κ2) is 6.21. The van der Waals surface area contributed by atoms with Gasteiger partial charge in [0.1, 0.15) is 12.4 Å². The van der Waals surface area contributed by atoms with Crippen LogP contribution < -0.4 is 10.1 Å². The Morgan fingerprint density at radius 2 is 2.08 bits per heavy atom. The predicted octanol–water partition coefficient (Wildman–Crippen LogP) is 3.53. The van der Waals surface area contributed by atoms with Crippen molar-refractivity contribution in [3.05, 3.63) is 35.5 Å². The van der Waals surface area contributed by atoms with E-state index in [-0.39, 0.29) is 11.9 Å². The summed E-state index contributed by atoms with van der Waals surface area (Å²) in [4.78, 5) is 12.9. The van der Waals surface area contributed by atoms with Crippen molar-refractivity contribution in [1.82, 2.24) is 15.1 Å². The summed E-state index contributed by atoms with van der Waals surface area (Å²) in [5.41, 5.74) is 3.36. The highest BCUT2D eigenvalue weighted by Gasteiger charge is 2.32. The number of aromatic nitrogens is 2. The van der Waals surface area contributed by atoms with E-state index in [9.17, 15) is 4.79 Å². The number of carbonyl (C=O) groups excluding carboxylic acids is 1. The topological polar surface area (TPSA) is 56.2 Å². The molecular weight excluding hydrogens is 314 g/mol. The molecule has 1 saturated carbocycles. The van der Waals surface area contributed by atoms with Crippen LogP contribution in [0.3, 0.4) is 0 Å². The third kappa shape index (κ3) is 2.71. The van der Waals surface area contributed by atoms with Crippen LogP contribution in [-0.4, -0.2) is 21.7 Å². The first kappa shape index (κ1) is 16.2. The summed E-state index contributed by atoms with van der Waals surface area (Å²) < 4.78 is 7.65. The molecule has 132 valence electrons. The minimum Gasteiger partial charge on any atom is -0.488 e. The van der Waals surface area contributed by atoms with Crippen LogP contribution in [0.15, 0.2) is 24.3 Å². The van der Waals surface area contributed by atoms with Crippen LogP contribution in [0.2, 0.25) is 0 Å². The zero-order chi connectivity index (χ0) is 17.6. The number of rotatable bonds is 2. The van der Waals surface area contributed by atoms with Gasteiger partial charge in [-0.05, 0) is 30.4 Å². The van der Waals surface area contributed by atoms with E-state index in [1.54, 1.807) is 4.68 Å². The highest BCUT2D eigenvalue weighted by Crippen LogP contribution is 2.38. The number of nitrogens with one attached hydrogen (secondary N) is 1. The van der Waals surface area contributed by atoms with Gasteiger partial charge in [-0.3, -0.25) is 9.48 Å². The van der Waals surface area contributed by atoms with E-state index >= 15 is 0 Å². The van der Waals surface area contributed by atoms with Crippen LogP contribution in [-0.2, 0) is 13.7 Å². The normalized spacial score (nSPS) is 24.8. The molecule has 2 aromatic rings. The molecule has 1 aliphatic heterocycles. The molecule has 2 heterocycles. The molecule has 1 fully saturated rings. The zero-order valence-electron chi connectivity index (χ0n) is 15.1. The van der Waals surface area contributed by atoms with E-state index in [4.69, 9.17) is 4.74 Å². The minimum absolute atomic E-state index is 0.0780. The highest BCUT2D eigenvalue weighted by molar-refractivity contribution is 5.96. The summed E-state index contributed by atoms with van der Waals surface area (Å²) in [6, 6.07) is 8.14. The number of benzene rings is 1. The van der Waals surface area contributed by atoms with Crippen molar-refractivity contribution in [2.24, 2.45) is 18.9 Å². The van der Waals surface area contributed by atoms with E-state index in [1.165, 1.54) is 12.8 Å². The quantitative estimate of drug-likeness (QED) is 0.910. The largest absolute Gasteiger partial charge is 0.488 e. The van der Waals surface area contributed by atoms with E-state index < -0.39 is 0 Å². The Kier molecular flexibility index (Phi) is 4.02. The number of aryl methyl sites for hydroxylation is 1. The van der Waals surface area contributed by atoms with Crippen molar-refractivity contribution in [2.45, 2.75) is 45.8 Å². The molecule has 3 atom stereocenters. The lowest BCUT2D eigenvalue weighted by atomic mass is 9.78. The van der Waals surface area contributed by atoms with E-state index in [0.29, 0.717) is 24.1 Å². The van der Waals surface area contributed by atoms with Gasteiger partial charge in [0.2, 0.25) is 0 Å². The van der Waals surface area contributed by atoms with E-state index in [1.807, 2.05) is 31.3 Å². The Balaban J connectivity index is 1.63. The number of ether oxygens (including phenoxy) is 1. The van der Waals surface area contributed by atoms with Crippen molar-refractivity contribution in [3.63, 3.8) is 0 Å². The Hall–Kier alpha value is -2.30. The average molecular weight is 339 g/mol. The van der Waals surface area contributed by atoms with Gasteiger partial charge in [0, 0.05) is 24.2 Å². The maximum Gasteiger partial charge on any atom is 0.272 e. The van der Waals surface area contributed by atoms with Crippen LogP contribution in [0.4, 0.5) is 0 Å². The van der Waals surface area contributed by atoms with Crippen molar-refractivity contribution < 1.29 is 9.53 Å². The Bertz CT molecular complexity index is 811. The van der Waals surface area contributed by atoms with E-state index in [2.05, 4.69) is 24.3 Å². The second-order valence-corrected chi connectivity index (χ2v) is 7.43. The number of hydrogen-bond acceptors (Lipinski definition) is 3. The number of hydrogen-bond donors (Lipinski definition) is 1. The van der Waals surface area contributed by atoms with Gasteiger partial charge in [0.05, 0.1) is 5.69 Å². The molecule has 2 aliphatic rings. The van der Waals surface area contributed by atoms with Gasteiger partial charge in [0.15, 0.2) is 5.69 Å². The van der Waals surface area contributed by atoms with Crippen LogP contribution in [0.5, 0.6) is 5.75 Å². The van der Waals surface area contributed by atoms with Crippen LogP contribution in [0.1, 0.15) is 49.2 Å². The molecule has 1 aromatic heterocycles. The molecule has 0 radical (unpaired) electrons. The first-order valence-electron chi connectivity index (χ1n) is 9.15. The smallest absolute Gasteiger partial charge is 0.272 e. The van der Waals surface area contributed by atoms with Gasteiger partial charge in [-0.25, -0.2) is 0 Å². The standard InChI is InChI=1S/C20H25N3O2/c1-12-7-6-9-16(13(12)2)21-20(24)18-15-11-25-17-10-5-4-8-14(17)19(15)23(3)22-18/h4-5,8,10,12-13,16H,6-7,9,11H2,1-3H3,(H,21,24). The third-order valence-electron chi connectivity index (χ3n) is 5.90. The molecular formula is C20H25N3O2. The Morgan fingerprint density at radius 3 is 2.92 bits per heavy atom. The summed E-state index contributed by atoms with van der Waals surface area (Å²) in [7, 11) is 1.89.